The molecule has 158 valence electrons. The average molecular weight is 454 g/mol. The maximum absolute atomic E-state index is 12.3. The van der Waals surface area contributed by atoms with Crippen LogP contribution in [0.15, 0.2) is 48.5 Å². The number of esters is 1. The molecule has 0 amide bonds. The minimum absolute atomic E-state index is 0.326. The Morgan fingerprint density at radius 3 is 2.32 bits per heavy atom. The lowest BCUT2D eigenvalue weighted by Crippen LogP contribution is -2.03. The molecule has 0 saturated carbocycles. The lowest BCUT2D eigenvalue weighted by Gasteiger charge is -2.10. The summed E-state index contributed by atoms with van der Waals surface area (Å²) in [4.78, 5) is 22.7. The SMILES string of the molecule is CCOC(=O)c1sc2nc(C)nc(Nc3ccc(Oc4ccc(Cl)cc4)cc3)c2c1C. The maximum Gasteiger partial charge on any atom is 0.348 e. The average Bonchev–Trinajstić information content (AvgIpc) is 3.08. The number of carbonyl (C=O) groups excluding carboxylic acids is 1. The highest BCUT2D eigenvalue weighted by atomic mass is 35.5. The number of aryl methyl sites for hydroxylation is 2. The molecule has 2 aromatic heterocycles. The number of nitrogens with zero attached hydrogens (tertiary/aromatic N) is 2. The van der Waals surface area contributed by atoms with E-state index in [1.54, 1.807) is 19.1 Å². The smallest absolute Gasteiger partial charge is 0.348 e. The van der Waals surface area contributed by atoms with Gasteiger partial charge in [-0.3, -0.25) is 0 Å². The summed E-state index contributed by atoms with van der Waals surface area (Å²) >= 11 is 7.23. The number of hydrogen-bond acceptors (Lipinski definition) is 7. The molecular formula is C23H20ClN3O3S. The molecule has 0 aliphatic carbocycles. The van der Waals surface area contributed by atoms with Crippen molar-refractivity contribution in [1.29, 1.82) is 0 Å². The van der Waals surface area contributed by atoms with Gasteiger partial charge in [0.05, 0.1) is 12.0 Å². The number of halogens is 1. The van der Waals surface area contributed by atoms with E-state index in [2.05, 4.69) is 15.3 Å². The summed E-state index contributed by atoms with van der Waals surface area (Å²) in [5, 5.41) is 4.82. The van der Waals surface area contributed by atoms with Crippen LogP contribution in [-0.2, 0) is 4.74 Å². The number of fused-ring (bicyclic) bond motifs is 1. The van der Waals surface area contributed by atoms with Gasteiger partial charge in [-0.25, -0.2) is 14.8 Å². The van der Waals surface area contributed by atoms with E-state index >= 15 is 0 Å². The monoisotopic (exact) mass is 453 g/mol. The molecule has 6 nitrogen and oxygen atoms in total. The highest BCUT2D eigenvalue weighted by molar-refractivity contribution is 7.20. The van der Waals surface area contributed by atoms with Crippen LogP contribution in [0.5, 0.6) is 11.5 Å². The van der Waals surface area contributed by atoms with Gasteiger partial charge in [0.1, 0.15) is 32.8 Å². The number of hydrogen-bond donors (Lipinski definition) is 1. The third-order valence-corrected chi connectivity index (χ3v) is 5.95. The molecule has 0 bridgehead atoms. The third kappa shape index (κ3) is 4.62. The van der Waals surface area contributed by atoms with Crippen LogP contribution < -0.4 is 10.1 Å². The Labute approximate surface area is 188 Å². The topological polar surface area (TPSA) is 73.3 Å². The fourth-order valence-corrected chi connectivity index (χ4v) is 4.36. The first-order valence-electron chi connectivity index (χ1n) is 9.70. The van der Waals surface area contributed by atoms with Crippen LogP contribution >= 0.6 is 22.9 Å². The lowest BCUT2D eigenvalue weighted by atomic mass is 10.2. The zero-order chi connectivity index (χ0) is 22.0. The molecule has 0 fully saturated rings. The molecule has 0 atom stereocenters. The van der Waals surface area contributed by atoms with Crippen LogP contribution in [0.3, 0.4) is 0 Å². The van der Waals surface area contributed by atoms with Gasteiger partial charge in [0, 0.05) is 10.7 Å². The summed E-state index contributed by atoms with van der Waals surface area (Å²) in [5.74, 6) is 2.34. The fraction of sp³-hybridized carbons (Fsp3) is 0.174. The van der Waals surface area contributed by atoms with E-state index < -0.39 is 0 Å². The number of thiophene rings is 1. The molecular weight excluding hydrogens is 434 g/mol. The van der Waals surface area contributed by atoms with E-state index in [0.717, 1.165) is 21.5 Å². The van der Waals surface area contributed by atoms with Gasteiger partial charge in [0.25, 0.3) is 0 Å². The Hall–Kier alpha value is -3.16. The van der Waals surface area contributed by atoms with Crippen molar-refractivity contribution in [2.45, 2.75) is 20.8 Å². The molecule has 0 unspecified atom stereocenters. The summed E-state index contributed by atoms with van der Waals surface area (Å²) in [7, 11) is 0. The van der Waals surface area contributed by atoms with Crippen molar-refractivity contribution in [3.8, 4) is 11.5 Å². The quantitative estimate of drug-likeness (QED) is 0.328. The Bertz CT molecular complexity index is 1240. The zero-order valence-electron chi connectivity index (χ0n) is 17.2. The fourth-order valence-electron chi connectivity index (χ4n) is 3.11. The molecule has 0 radical (unpaired) electrons. The summed E-state index contributed by atoms with van der Waals surface area (Å²) < 4.78 is 11.0. The van der Waals surface area contributed by atoms with Crippen LogP contribution in [0, 0.1) is 13.8 Å². The highest BCUT2D eigenvalue weighted by Gasteiger charge is 2.21. The minimum atomic E-state index is -0.338. The molecule has 4 aromatic rings. The number of aromatic nitrogens is 2. The Morgan fingerprint density at radius 1 is 1.03 bits per heavy atom. The molecule has 0 spiro atoms. The van der Waals surface area contributed by atoms with Gasteiger partial charge < -0.3 is 14.8 Å². The van der Waals surface area contributed by atoms with Gasteiger partial charge in [-0.15, -0.1) is 11.3 Å². The largest absolute Gasteiger partial charge is 0.462 e. The second kappa shape index (κ2) is 8.91. The molecule has 0 saturated heterocycles. The van der Waals surface area contributed by atoms with Gasteiger partial charge in [0.15, 0.2) is 0 Å². The molecule has 0 aliphatic rings. The molecule has 1 N–H and O–H groups in total. The number of anilines is 2. The number of benzene rings is 2. The maximum atomic E-state index is 12.3. The van der Waals surface area contributed by atoms with Crippen LogP contribution in [0.1, 0.15) is 28.0 Å². The van der Waals surface area contributed by atoms with Crippen LogP contribution in [0.2, 0.25) is 5.02 Å². The van der Waals surface area contributed by atoms with E-state index in [4.69, 9.17) is 21.1 Å². The lowest BCUT2D eigenvalue weighted by molar-refractivity contribution is 0.0531. The summed E-state index contributed by atoms with van der Waals surface area (Å²) in [6, 6.07) is 14.7. The van der Waals surface area contributed by atoms with Crippen molar-refractivity contribution in [2.75, 3.05) is 11.9 Å². The number of ether oxygens (including phenoxy) is 2. The van der Waals surface area contributed by atoms with Gasteiger partial charge in [-0.1, -0.05) is 11.6 Å². The van der Waals surface area contributed by atoms with Crippen LogP contribution in [0.25, 0.3) is 10.2 Å². The summed E-state index contributed by atoms with van der Waals surface area (Å²) in [5.41, 5.74) is 1.65. The molecule has 2 aromatic carbocycles. The first kappa shape index (κ1) is 21.1. The first-order valence-corrected chi connectivity index (χ1v) is 10.9. The predicted molar refractivity (Wildman–Crippen MR) is 124 cm³/mol. The molecule has 31 heavy (non-hydrogen) atoms. The van der Waals surface area contributed by atoms with Crippen molar-refractivity contribution in [3.63, 3.8) is 0 Å². The van der Waals surface area contributed by atoms with Crippen molar-refractivity contribution >= 4 is 50.6 Å². The van der Waals surface area contributed by atoms with Crippen LogP contribution in [0.4, 0.5) is 11.5 Å². The van der Waals surface area contributed by atoms with Crippen molar-refractivity contribution < 1.29 is 14.3 Å². The minimum Gasteiger partial charge on any atom is -0.462 e. The zero-order valence-corrected chi connectivity index (χ0v) is 18.8. The number of nitrogens with one attached hydrogen (secondary N) is 1. The first-order chi connectivity index (χ1) is 14.9. The summed E-state index contributed by atoms with van der Waals surface area (Å²) in [6.07, 6.45) is 0. The third-order valence-electron chi connectivity index (χ3n) is 4.53. The molecule has 8 heteroatoms. The molecule has 4 rings (SSSR count). The van der Waals surface area contributed by atoms with E-state index in [1.807, 2.05) is 50.2 Å². The number of carbonyl (C=O) groups is 1. The second-order valence-electron chi connectivity index (χ2n) is 6.78. The van der Waals surface area contributed by atoms with Crippen molar-refractivity contribution in [1.82, 2.24) is 9.97 Å². The van der Waals surface area contributed by atoms with Gasteiger partial charge >= 0.3 is 5.97 Å². The summed E-state index contributed by atoms with van der Waals surface area (Å²) in [6.45, 7) is 5.83. The van der Waals surface area contributed by atoms with Crippen molar-refractivity contribution in [3.05, 3.63) is 69.8 Å². The Morgan fingerprint density at radius 2 is 1.68 bits per heavy atom. The van der Waals surface area contributed by atoms with E-state index in [0.29, 0.717) is 39.6 Å². The van der Waals surface area contributed by atoms with Gasteiger partial charge in [0.2, 0.25) is 0 Å². The van der Waals surface area contributed by atoms with E-state index in [9.17, 15) is 4.79 Å². The van der Waals surface area contributed by atoms with E-state index in [1.165, 1.54) is 11.3 Å². The van der Waals surface area contributed by atoms with Crippen LogP contribution in [-0.4, -0.2) is 22.5 Å². The predicted octanol–water partition coefficient (Wildman–Crippen LogP) is 6.67. The Balaban J connectivity index is 1.60. The van der Waals surface area contributed by atoms with E-state index in [-0.39, 0.29) is 5.97 Å². The Kier molecular flexibility index (Phi) is 6.06. The van der Waals surface area contributed by atoms with Crippen molar-refractivity contribution in [2.24, 2.45) is 0 Å². The highest BCUT2D eigenvalue weighted by Crippen LogP contribution is 2.36. The standard InChI is InChI=1S/C23H20ClN3O3S/c1-4-29-23(28)20-13(2)19-21(25-14(3)26-22(19)31-20)27-16-7-11-18(12-8-16)30-17-9-5-15(24)6-10-17/h5-12H,4H2,1-3H3,(H,25,26,27). The number of rotatable bonds is 6. The van der Waals surface area contributed by atoms with Gasteiger partial charge in [-0.05, 0) is 74.9 Å². The molecule has 0 aliphatic heterocycles. The molecule has 2 heterocycles. The normalized spacial score (nSPS) is 10.8. The second-order valence-corrected chi connectivity index (χ2v) is 8.22. The van der Waals surface area contributed by atoms with Gasteiger partial charge in [-0.2, -0.15) is 0 Å².